The van der Waals surface area contributed by atoms with Crippen LogP contribution in [0.3, 0.4) is 0 Å². The minimum Gasteiger partial charge on any atom is -0.508 e. The lowest BCUT2D eigenvalue weighted by Crippen LogP contribution is -2.41. The van der Waals surface area contributed by atoms with Crippen LogP contribution in [0.1, 0.15) is 45.1 Å². The molecule has 0 radical (unpaired) electrons. The van der Waals surface area contributed by atoms with Crippen LogP contribution in [0.5, 0.6) is 5.75 Å². The number of carbonyl (C=O) groups excluding carboxylic acids is 1. The van der Waals surface area contributed by atoms with Gasteiger partial charge in [0.15, 0.2) is 0 Å². The molecule has 4 nitrogen and oxygen atoms in total. The average Bonchev–Trinajstić information content (AvgIpc) is 2.37. The molecule has 1 saturated heterocycles. The Hall–Kier alpha value is -1.42. The first-order valence-electron chi connectivity index (χ1n) is 7.22. The number of rotatable bonds is 1. The zero-order valence-electron chi connectivity index (χ0n) is 12.7. The second-order valence-corrected chi connectivity index (χ2v) is 6.85. The highest BCUT2D eigenvalue weighted by Gasteiger charge is 2.28. The van der Waals surface area contributed by atoms with Crippen molar-refractivity contribution in [3.05, 3.63) is 28.8 Å². The summed E-state index contributed by atoms with van der Waals surface area (Å²) in [6.45, 7) is 6.93. The van der Waals surface area contributed by atoms with Crippen LogP contribution in [0.2, 0.25) is 5.02 Å². The number of halogens is 1. The number of likely N-dealkylation sites (tertiary alicyclic amines) is 1. The van der Waals surface area contributed by atoms with Gasteiger partial charge in [0.25, 0.3) is 0 Å². The third-order valence-corrected chi connectivity index (χ3v) is 3.90. The number of amides is 1. The molecule has 1 aliphatic heterocycles. The van der Waals surface area contributed by atoms with Gasteiger partial charge in [-0.05, 0) is 57.2 Å². The van der Waals surface area contributed by atoms with E-state index >= 15 is 0 Å². The number of hydrogen-bond donors (Lipinski definition) is 1. The lowest BCUT2D eigenvalue weighted by Gasteiger charge is -2.33. The Morgan fingerprint density at radius 3 is 2.48 bits per heavy atom. The molecule has 1 aromatic carbocycles. The molecule has 1 amide bonds. The predicted molar refractivity (Wildman–Crippen MR) is 82.9 cm³/mol. The zero-order valence-corrected chi connectivity index (χ0v) is 13.5. The number of phenols is 1. The van der Waals surface area contributed by atoms with Crippen LogP contribution in [0.15, 0.2) is 18.2 Å². The summed E-state index contributed by atoms with van der Waals surface area (Å²) in [5.74, 6) is 0.492. The second-order valence-electron chi connectivity index (χ2n) is 6.45. The van der Waals surface area contributed by atoms with Gasteiger partial charge in [-0.25, -0.2) is 4.79 Å². The van der Waals surface area contributed by atoms with Crippen LogP contribution in [0.4, 0.5) is 4.79 Å². The highest BCUT2D eigenvalue weighted by Crippen LogP contribution is 2.34. The van der Waals surface area contributed by atoms with Gasteiger partial charge in [0.05, 0.1) is 0 Å². The Bertz CT molecular complexity index is 517. The lowest BCUT2D eigenvalue weighted by molar-refractivity contribution is 0.0205. The Balaban J connectivity index is 1.95. The van der Waals surface area contributed by atoms with Gasteiger partial charge in [-0.2, -0.15) is 0 Å². The maximum atomic E-state index is 12.0. The molecule has 1 fully saturated rings. The van der Waals surface area contributed by atoms with Gasteiger partial charge in [-0.3, -0.25) is 0 Å². The van der Waals surface area contributed by atoms with Crippen LogP contribution >= 0.6 is 11.6 Å². The summed E-state index contributed by atoms with van der Waals surface area (Å²) in [7, 11) is 0. The summed E-state index contributed by atoms with van der Waals surface area (Å²) in [6, 6.07) is 5.09. The van der Waals surface area contributed by atoms with Crippen molar-refractivity contribution in [3.63, 3.8) is 0 Å². The predicted octanol–water partition coefficient (Wildman–Crippen LogP) is 4.16. The summed E-state index contributed by atoms with van der Waals surface area (Å²) in [5, 5.41) is 9.99. The molecule has 0 atom stereocenters. The third-order valence-electron chi connectivity index (χ3n) is 3.57. The van der Waals surface area contributed by atoms with Crippen molar-refractivity contribution in [3.8, 4) is 5.75 Å². The topological polar surface area (TPSA) is 49.8 Å². The molecular weight excluding hydrogens is 290 g/mol. The Morgan fingerprint density at radius 1 is 1.33 bits per heavy atom. The number of ether oxygens (including phenoxy) is 1. The van der Waals surface area contributed by atoms with E-state index in [-0.39, 0.29) is 11.8 Å². The van der Waals surface area contributed by atoms with E-state index in [4.69, 9.17) is 16.3 Å². The highest BCUT2D eigenvalue weighted by molar-refractivity contribution is 6.31. The number of phenolic OH excluding ortho intramolecular Hbond substituents is 1. The normalized spacial score (nSPS) is 16.9. The first-order valence-corrected chi connectivity index (χ1v) is 7.60. The van der Waals surface area contributed by atoms with Crippen LogP contribution in [-0.4, -0.2) is 34.8 Å². The van der Waals surface area contributed by atoms with Crippen LogP contribution in [0.25, 0.3) is 0 Å². The number of piperidine rings is 1. The van der Waals surface area contributed by atoms with Gasteiger partial charge in [0, 0.05) is 18.1 Å². The summed E-state index contributed by atoms with van der Waals surface area (Å²) in [6.07, 6.45) is 1.45. The molecule has 2 rings (SSSR count). The molecule has 21 heavy (non-hydrogen) atoms. The van der Waals surface area contributed by atoms with E-state index in [0.717, 1.165) is 18.4 Å². The van der Waals surface area contributed by atoms with Gasteiger partial charge in [0.1, 0.15) is 11.4 Å². The quantitative estimate of drug-likeness (QED) is 0.847. The van der Waals surface area contributed by atoms with Crippen molar-refractivity contribution >= 4 is 17.7 Å². The van der Waals surface area contributed by atoms with E-state index in [0.29, 0.717) is 24.0 Å². The molecule has 1 aromatic rings. The first kappa shape index (κ1) is 16.0. The van der Waals surface area contributed by atoms with Gasteiger partial charge in [0.2, 0.25) is 0 Å². The van der Waals surface area contributed by atoms with Crippen LogP contribution in [0, 0.1) is 0 Å². The van der Waals surface area contributed by atoms with Crippen molar-refractivity contribution in [1.82, 2.24) is 4.90 Å². The third kappa shape index (κ3) is 4.27. The second kappa shape index (κ2) is 6.14. The van der Waals surface area contributed by atoms with Gasteiger partial charge in [-0.15, -0.1) is 0 Å². The number of aromatic hydroxyl groups is 1. The van der Waals surface area contributed by atoms with E-state index < -0.39 is 5.60 Å². The fraction of sp³-hybridized carbons (Fsp3) is 0.562. The zero-order chi connectivity index (χ0) is 15.6. The van der Waals surface area contributed by atoms with Gasteiger partial charge >= 0.3 is 6.09 Å². The standard InChI is InChI=1S/C16H22ClNO3/c1-16(2,3)21-15(20)18-8-6-11(7-9-18)13-5-4-12(19)10-14(13)17/h4-5,10-11,19H,6-9H2,1-3H3. The Kier molecular flexibility index (Phi) is 4.67. The fourth-order valence-electron chi connectivity index (χ4n) is 2.55. The molecule has 1 heterocycles. The number of benzene rings is 1. The maximum absolute atomic E-state index is 12.0. The smallest absolute Gasteiger partial charge is 0.410 e. The molecule has 0 aromatic heterocycles. The van der Waals surface area contributed by atoms with Crippen molar-refractivity contribution in [2.45, 2.75) is 45.1 Å². The SMILES string of the molecule is CC(C)(C)OC(=O)N1CCC(c2ccc(O)cc2Cl)CC1. The number of hydrogen-bond acceptors (Lipinski definition) is 3. The molecule has 0 unspecified atom stereocenters. The molecule has 0 spiro atoms. The largest absolute Gasteiger partial charge is 0.508 e. The minimum atomic E-state index is -0.464. The monoisotopic (exact) mass is 311 g/mol. The summed E-state index contributed by atoms with van der Waals surface area (Å²) >= 11 is 6.18. The summed E-state index contributed by atoms with van der Waals surface area (Å²) in [5.41, 5.74) is 0.576. The van der Waals surface area contributed by atoms with Crippen LogP contribution in [-0.2, 0) is 4.74 Å². The van der Waals surface area contributed by atoms with E-state index in [1.165, 1.54) is 0 Å². The first-order chi connectivity index (χ1) is 9.76. The van der Waals surface area contributed by atoms with Crippen molar-refractivity contribution in [2.75, 3.05) is 13.1 Å². The molecule has 116 valence electrons. The Labute approximate surface area is 130 Å². The maximum Gasteiger partial charge on any atom is 0.410 e. The average molecular weight is 312 g/mol. The number of nitrogens with zero attached hydrogens (tertiary/aromatic N) is 1. The Morgan fingerprint density at radius 2 is 1.95 bits per heavy atom. The van der Waals surface area contributed by atoms with E-state index in [2.05, 4.69) is 0 Å². The van der Waals surface area contributed by atoms with Gasteiger partial charge < -0.3 is 14.7 Å². The number of carbonyl (C=O) groups is 1. The minimum absolute atomic E-state index is 0.176. The molecule has 1 aliphatic rings. The van der Waals surface area contributed by atoms with Crippen molar-refractivity contribution in [1.29, 1.82) is 0 Å². The summed E-state index contributed by atoms with van der Waals surface area (Å²) < 4.78 is 5.39. The van der Waals surface area contributed by atoms with Crippen molar-refractivity contribution < 1.29 is 14.6 Å². The molecule has 1 N–H and O–H groups in total. The molecule has 0 bridgehead atoms. The van der Waals surface area contributed by atoms with E-state index in [1.807, 2.05) is 26.8 Å². The van der Waals surface area contributed by atoms with Crippen molar-refractivity contribution in [2.24, 2.45) is 0 Å². The molecule has 0 aliphatic carbocycles. The molecule has 0 saturated carbocycles. The fourth-order valence-corrected chi connectivity index (χ4v) is 2.88. The molecule has 5 heteroatoms. The lowest BCUT2D eigenvalue weighted by atomic mass is 9.89. The summed E-state index contributed by atoms with van der Waals surface area (Å²) in [4.78, 5) is 13.8. The highest BCUT2D eigenvalue weighted by atomic mass is 35.5. The van der Waals surface area contributed by atoms with Crippen LogP contribution < -0.4 is 0 Å². The molecular formula is C16H22ClNO3. The van der Waals surface area contributed by atoms with E-state index in [9.17, 15) is 9.90 Å². The van der Waals surface area contributed by atoms with Gasteiger partial charge in [-0.1, -0.05) is 17.7 Å². The van der Waals surface area contributed by atoms with E-state index in [1.54, 1.807) is 17.0 Å².